The smallest absolute Gasteiger partial charge is 0.305 e. The van der Waals surface area contributed by atoms with Crippen molar-refractivity contribution >= 4 is 35.1 Å². The zero-order valence-corrected chi connectivity index (χ0v) is 13.3. The van der Waals surface area contributed by atoms with E-state index in [2.05, 4.69) is 5.32 Å². The molecule has 1 atom stereocenters. The van der Waals surface area contributed by atoms with Crippen molar-refractivity contribution < 1.29 is 19.1 Å². The van der Waals surface area contributed by atoms with Crippen LogP contribution in [-0.4, -0.2) is 23.0 Å². The van der Waals surface area contributed by atoms with E-state index in [9.17, 15) is 14.0 Å². The quantitative estimate of drug-likeness (QED) is 0.823. The lowest BCUT2D eigenvalue weighted by atomic mass is 9.84. The molecule has 0 saturated carbocycles. The molecule has 21 heavy (non-hydrogen) atoms. The molecule has 0 aliphatic carbocycles. The van der Waals surface area contributed by atoms with Crippen LogP contribution in [-0.2, 0) is 4.79 Å². The second-order valence-corrected chi connectivity index (χ2v) is 6.55. The number of nitrogens with one attached hydrogen (secondary N) is 1. The van der Waals surface area contributed by atoms with Crippen LogP contribution in [0.2, 0.25) is 10.0 Å². The van der Waals surface area contributed by atoms with Crippen molar-refractivity contribution in [3.63, 3.8) is 0 Å². The van der Waals surface area contributed by atoms with Gasteiger partial charge in [0, 0.05) is 6.04 Å². The summed E-state index contributed by atoms with van der Waals surface area (Å²) in [5.41, 5.74) is -0.566. The molecule has 0 bridgehead atoms. The fraction of sp³-hybridized carbons (Fsp3) is 0.429. The average Bonchev–Trinajstić information content (AvgIpc) is 2.31. The van der Waals surface area contributed by atoms with E-state index in [1.54, 1.807) is 20.8 Å². The molecule has 1 unspecified atom stereocenters. The van der Waals surface area contributed by atoms with E-state index in [0.29, 0.717) is 0 Å². The first kappa shape index (κ1) is 17.7. The molecule has 1 rings (SSSR count). The van der Waals surface area contributed by atoms with Crippen LogP contribution >= 0.6 is 23.2 Å². The molecule has 0 aromatic heterocycles. The number of aliphatic carboxylic acids is 1. The molecular formula is C14H16Cl2FNO3. The molecule has 1 amide bonds. The van der Waals surface area contributed by atoms with Gasteiger partial charge in [0.25, 0.3) is 5.91 Å². The van der Waals surface area contributed by atoms with Gasteiger partial charge in [0.15, 0.2) is 0 Å². The Labute approximate surface area is 132 Å². The van der Waals surface area contributed by atoms with Crippen LogP contribution in [0.15, 0.2) is 12.1 Å². The maximum Gasteiger partial charge on any atom is 0.305 e. The first-order valence-electron chi connectivity index (χ1n) is 6.19. The summed E-state index contributed by atoms with van der Waals surface area (Å²) in [4.78, 5) is 23.1. The number of carbonyl (C=O) groups excluding carboxylic acids is 1. The molecule has 116 valence electrons. The molecule has 0 aliphatic heterocycles. The van der Waals surface area contributed by atoms with E-state index in [0.717, 1.165) is 12.1 Å². The Morgan fingerprint density at radius 2 is 1.86 bits per heavy atom. The predicted octanol–water partition coefficient (Wildman–Crippen LogP) is 3.75. The molecule has 2 N–H and O–H groups in total. The van der Waals surface area contributed by atoms with Gasteiger partial charge in [-0.2, -0.15) is 0 Å². The lowest BCUT2D eigenvalue weighted by Gasteiger charge is -2.30. The molecule has 0 radical (unpaired) electrons. The lowest BCUT2D eigenvalue weighted by Crippen LogP contribution is -2.45. The maximum atomic E-state index is 13.4. The SMILES string of the molecule is CC(C)(C)C(CC(=O)O)NC(=O)c1cc(F)c(Cl)cc1Cl. The van der Waals surface area contributed by atoms with Crippen molar-refractivity contribution in [2.75, 3.05) is 0 Å². The van der Waals surface area contributed by atoms with Gasteiger partial charge in [-0.3, -0.25) is 9.59 Å². The first-order chi connectivity index (χ1) is 9.52. The number of carboxylic acids is 1. The first-order valence-corrected chi connectivity index (χ1v) is 6.95. The van der Waals surface area contributed by atoms with Gasteiger partial charge < -0.3 is 10.4 Å². The topological polar surface area (TPSA) is 66.4 Å². The second-order valence-electron chi connectivity index (χ2n) is 5.74. The van der Waals surface area contributed by atoms with Crippen molar-refractivity contribution in [3.8, 4) is 0 Å². The van der Waals surface area contributed by atoms with E-state index >= 15 is 0 Å². The zero-order valence-electron chi connectivity index (χ0n) is 11.8. The van der Waals surface area contributed by atoms with Crippen LogP contribution in [0.1, 0.15) is 37.6 Å². The number of amides is 1. The summed E-state index contributed by atoms with van der Waals surface area (Å²) >= 11 is 11.4. The zero-order chi connectivity index (χ0) is 16.4. The average molecular weight is 336 g/mol. The Bertz CT molecular complexity index is 570. The minimum atomic E-state index is -1.04. The molecule has 1 aromatic rings. The van der Waals surface area contributed by atoms with E-state index < -0.39 is 29.2 Å². The van der Waals surface area contributed by atoms with Crippen LogP contribution < -0.4 is 5.32 Å². The molecule has 0 fully saturated rings. The van der Waals surface area contributed by atoms with Gasteiger partial charge in [0.1, 0.15) is 5.82 Å². The van der Waals surface area contributed by atoms with E-state index in [1.807, 2.05) is 0 Å². The number of hydrogen-bond acceptors (Lipinski definition) is 2. The fourth-order valence-electron chi connectivity index (χ4n) is 1.68. The van der Waals surface area contributed by atoms with Gasteiger partial charge in [-0.25, -0.2) is 4.39 Å². The summed E-state index contributed by atoms with van der Waals surface area (Å²) in [5, 5.41) is 11.3. The predicted molar refractivity (Wildman–Crippen MR) is 79.4 cm³/mol. The summed E-state index contributed by atoms with van der Waals surface area (Å²) in [6, 6.07) is 1.44. The van der Waals surface area contributed by atoms with Crippen molar-refractivity contribution in [2.45, 2.75) is 33.2 Å². The molecule has 4 nitrogen and oxygen atoms in total. The minimum Gasteiger partial charge on any atom is -0.481 e. The van der Waals surface area contributed by atoms with Gasteiger partial charge in [0.2, 0.25) is 0 Å². The van der Waals surface area contributed by atoms with Crippen LogP contribution in [0.5, 0.6) is 0 Å². The number of rotatable bonds is 4. The monoisotopic (exact) mass is 335 g/mol. The third-order valence-electron chi connectivity index (χ3n) is 2.98. The van der Waals surface area contributed by atoms with Gasteiger partial charge in [-0.1, -0.05) is 44.0 Å². The Hall–Kier alpha value is -1.33. The van der Waals surface area contributed by atoms with E-state index in [4.69, 9.17) is 28.3 Å². The van der Waals surface area contributed by atoms with Gasteiger partial charge in [0.05, 0.1) is 22.0 Å². The highest BCUT2D eigenvalue weighted by Crippen LogP contribution is 2.26. The van der Waals surface area contributed by atoms with Crippen molar-refractivity contribution in [1.29, 1.82) is 0 Å². The maximum absolute atomic E-state index is 13.4. The molecular weight excluding hydrogens is 320 g/mol. The summed E-state index contributed by atoms with van der Waals surface area (Å²) < 4.78 is 13.4. The molecule has 1 aromatic carbocycles. The highest BCUT2D eigenvalue weighted by Gasteiger charge is 2.29. The molecule has 7 heteroatoms. The van der Waals surface area contributed by atoms with Gasteiger partial charge >= 0.3 is 5.97 Å². The number of carbonyl (C=O) groups is 2. The highest BCUT2D eigenvalue weighted by molar-refractivity contribution is 6.36. The lowest BCUT2D eigenvalue weighted by molar-refractivity contribution is -0.138. The Kier molecular flexibility index (Phi) is 5.59. The summed E-state index contributed by atoms with van der Waals surface area (Å²) in [5.74, 6) is -2.45. The number of hydrogen-bond donors (Lipinski definition) is 2. The largest absolute Gasteiger partial charge is 0.481 e. The highest BCUT2D eigenvalue weighted by atomic mass is 35.5. The fourth-order valence-corrected chi connectivity index (χ4v) is 2.15. The van der Waals surface area contributed by atoms with Crippen LogP contribution in [0.4, 0.5) is 4.39 Å². The summed E-state index contributed by atoms with van der Waals surface area (Å²) in [7, 11) is 0. The molecule has 0 aliphatic rings. The molecule has 0 spiro atoms. The number of carboxylic acid groups (broad SMARTS) is 1. The van der Waals surface area contributed by atoms with Crippen LogP contribution in [0.3, 0.4) is 0 Å². The summed E-state index contributed by atoms with van der Waals surface area (Å²) in [6.45, 7) is 5.39. The van der Waals surface area contributed by atoms with Crippen molar-refractivity contribution in [1.82, 2.24) is 5.32 Å². The normalized spacial score (nSPS) is 12.9. The van der Waals surface area contributed by atoms with Crippen molar-refractivity contribution in [2.24, 2.45) is 5.41 Å². The number of benzene rings is 1. The Morgan fingerprint density at radius 3 is 2.33 bits per heavy atom. The minimum absolute atomic E-state index is 0.00174. The van der Waals surface area contributed by atoms with E-state index in [-0.39, 0.29) is 22.0 Å². The molecule has 0 heterocycles. The van der Waals surface area contributed by atoms with Gasteiger partial charge in [-0.15, -0.1) is 0 Å². The Balaban J connectivity index is 3.02. The summed E-state index contributed by atoms with van der Waals surface area (Å²) in [6.07, 6.45) is -0.247. The third-order valence-corrected chi connectivity index (χ3v) is 3.59. The number of halogens is 3. The standard InChI is InChI=1S/C14H16Cl2FNO3/c1-14(2,3)11(6-12(19)20)18-13(21)7-4-10(17)9(16)5-8(7)15/h4-5,11H,6H2,1-3H3,(H,18,21)(H,19,20). The van der Waals surface area contributed by atoms with E-state index in [1.165, 1.54) is 0 Å². The van der Waals surface area contributed by atoms with Crippen LogP contribution in [0, 0.1) is 11.2 Å². The van der Waals surface area contributed by atoms with Crippen LogP contribution in [0.25, 0.3) is 0 Å². The Morgan fingerprint density at radius 1 is 1.29 bits per heavy atom. The third kappa shape index (κ3) is 4.86. The van der Waals surface area contributed by atoms with Crippen molar-refractivity contribution in [3.05, 3.63) is 33.6 Å². The van der Waals surface area contributed by atoms with Gasteiger partial charge in [-0.05, 0) is 17.5 Å². The second kappa shape index (κ2) is 6.62. The molecule has 0 saturated heterocycles.